The molecule has 0 radical (unpaired) electrons. The zero-order chi connectivity index (χ0) is 21.0. The standard InChI is InChI=1S/C21H28F3N5/c1-25-20(27-16-8-6-7-15(12-16)21(22,23)24)26-13-14-11-19(29(2)3)28-18-10-5-4-9-17(14)18/h4-5,9-11,15-16H,6-8,12-13H2,1-3H3,(H2,25,26,27). The van der Waals surface area contributed by atoms with Gasteiger partial charge in [0, 0.05) is 39.1 Å². The SMILES string of the molecule is CN=C(NCc1cc(N(C)C)nc2ccccc12)NC1CCCC(C(F)(F)F)C1. The van der Waals surface area contributed by atoms with Crippen LogP contribution in [0.2, 0.25) is 0 Å². The van der Waals surface area contributed by atoms with Gasteiger partial charge in [0.1, 0.15) is 5.82 Å². The van der Waals surface area contributed by atoms with E-state index < -0.39 is 12.1 Å². The molecular formula is C21H28F3N5. The Morgan fingerprint density at radius 1 is 1.24 bits per heavy atom. The predicted octanol–water partition coefficient (Wildman–Crippen LogP) is 4.09. The molecule has 5 nitrogen and oxygen atoms in total. The Morgan fingerprint density at radius 2 is 2.00 bits per heavy atom. The van der Waals surface area contributed by atoms with E-state index >= 15 is 0 Å². The van der Waals surface area contributed by atoms with Crippen molar-refractivity contribution < 1.29 is 13.2 Å². The lowest BCUT2D eigenvalue weighted by molar-refractivity contribution is -0.183. The summed E-state index contributed by atoms with van der Waals surface area (Å²) in [5.41, 5.74) is 1.96. The molecule has 29 heavy (non-hydrogen) atoms. The van der Waals surface area contributed by atoms with Crippen molar-refractivity contribution in [3.8, 4) is 0 Å². The number of hydrogen-bond donors (Lipinski definition) is 2. The van der Waals surface area contributed by atoms with Crippen molar-refractivity contribution in [3.05, 3.63) is 35.9 Å². The number of aliphatic imine (C=N–C) groups is 1. The molecule has 2 atom stereocenters. The smallest absolute Gasteiger partial charge is 0.363 e. The summed E-state index contributed by atoms with van der Waals surface area (Å²) in [5, 5.41) is 7.47. The zero-order valence-electron chi connectivity index (χ0n) is 17.1. The monoisotopic (exact) mass is 407 g/mol. The van der Waals surface area contributed by atoms with Gasteiger partial charge in [0.05, 0.1) is 11.4 Å². The maximum Gasteiger partial charge on any atom is 0.391 e. The number of nitrogens with one attached hydrogen (secondary N) is 2. The van der Waals surface area contributed by atoms with Crippen LogP contribution >= 0.6 is 0 Å². The van der Waals surface area contributed by atoms with E-state index in [0.29, 0.717) is 18.9 Å². The van der Waals surface area contributed by atoms with Gasteiger partial charge in [-0.25, -0.2) is 4.98 Å². The lowest BCUT2D eigenvalue weighted by Gasteiger charge is -2.32. The van der Waals surface area contributed by atoms with Gasteiger partial charge < -0.3 is 15.5 Å². The first kappa shape index (κ1) is 21.2. The van der Waals surface area contributed by atoms with Crippen LogP contribution in [0.25, 0.3) is 10.9 Å². The van der Waals surface area contributed by atoms with Crippen molar-refractivity contribution in [2.24, 2.45) is 10.9 Å². The Bertz CT molecular complexity index is 863. The fraction of sp³-hybridized carbons (Fsp3) is 0.524. The highest BCUT2D eigenvalue weighted by Crippen LogP contribution is 2.37. The molecule has 158 valence electrons. The number of aromatic nitrogens is 1. The van der Waals surface area contributed by atoms with E-state index in [1.54, 1.807) is 7.05 Å². The van der Waals surface area contributed by atoms with Gasteiger partial charge in [0.25, 0.3) is 0 Å². The van der Waals surface area contributed by atoms with E-state index in [0.717, 1.165) is 28.7 Å². The normalized spacial score (nSPS) is 20.6. The molecule has 1 aliphatic carbocycles. The van der Waals surface area contributed by atoms with Crippen LogP contribution in [-0.2, 0) is 6.54 Å². The molecule has 3 rings (SSSR count). The van der Waals surface area contributed by atoms with Gasteiger partial charge in [-0.2, -0.15) is 13.2 Å². The third-order valence-electron chi connectivity index (χ3n) is 5.39. The fourth-order valence-electron chi connectivity index (χ4n) is 3.79. The lowest BCUT2D eigenvalue weighted by Crippen LogP contribution is -2.46. The summed E-state index contributed by atoms with van der Waals surface area (Å²) in [6, 6.07) is 9.69. The van der Waals surface area contributed by atoms with Gasteiger partial charge in [-0.05, 0) is 37.0 Å². The summed E-state index contributed by atoms with van der Waals surface area (Å²) in [4.78, 5) is 10.8. The highest BCUT2D eigenvalue weighted by molar-refractivity contribution is 5.85. The first-order valence-corrected chi connectivity index (χ1v) is 9.88. The van der Waals surface area contributed by atoms with Crippen LogP contribution in [0, 0.1) is 5.92 Å². The number of guanidine groups is 1. The quantitative estimate of drug-likeness (QED) is 0.592. The molecule has 2 unspecified atom stereocenters. The van der Waals surface area contributed by atoms with E-state index in [4.69, 9.17) is 0 Å². The van der Waals surface area contributed by atoms with E-state index in [1.807, 2.05) is 49.3 Å². The minimum Gasteiger partial charge on any atom is -0.363 e. The second-order valence-corrected chi connectivity index (χ2v) is 7.72. The highest BCUT2D eigenvalue weighted by atomic mass is 19.4. The van der Waals surface area contributed by atoms with Crippen LogP contribution in [0.1, 0.15) is 31.2 Å². The van der Waals surface area contributed by atoms with Crippen LogP contribution in [0.3, 0.4) is 0 Å². The number of pyridine rings is 1. The third-order valence-corrected chi connectivity index (χ3v) is 5.39. The highest BCUT2D eigenvalue weighted by Gasteiger charge is 2.42. The van der Waals surface area contributed by atoms with Gasteiger partial charge in [0.15, 0.2) is 5.96 Å². The Labute approximate surface area is 169 Å². The number of alkyl halides is 3. The molecule has 1 aromatic heterocycles. The average Bonchev–Trinajstić information content (AvgIpc) is 2.70. The summed E-state index contributed by atoms with van der Waals surface area (Å²) in [5.74, 6) is 0.132. The molecule has 8 heteroatoms. The molecule has 1 fully saturated rings. The van der Waals surface area contributed by atoms with Crippen LogP contribution in [0.15, 0.2) is 35.3 Å². The maximum atomic E-state index is 13.1. The van der Waals surface area contributed by atoms with Gasteiger partial charge >= 0.3 is 6.18 Å². The molecule has 0 aliphatic heterocycles. The Kier molecular flexibility index (Phi) is 6.49. The molecular weight excluding hydrogens is 379 g/mol. The van der Waals surface area contributed by atoms with Gasteiger partial charge in [0.2, 0.25) is 0 Å². The number of rotatable bonds is 4. The number of nitrogens with zero attached hydrogens (tertiary/aromatic N) is 3. The van der Waals surface area contributed by atoms with Crippen LogP contribution in [0.5, 0.6) is 0 Å². The summed E-state index contributed by atoms with van der Waals surface area (Å²) in [7, 11) is 5.51. The first-order valence-electron chi connectivity index (χ1n) is 9.88. The Balaban J connectivity index is 1.70. The van der Waals surface area contributed by atoms with Crippen molar-refractivity contribution in [2.75, 3.05) is 26.0 Å². The van der Waals surface area contributed by atoms with Crippen molar-refractivity contribution in [1.29, 1.82) is 0 Å². The molecule has 0 saturated heterocycles. The van der Waals surface area contributed by atoms with Gasteiger partial charge in [-0.15, -0.1) is 0 Å². The van der Waals surface area contributed by atoms with E-state index in [-0.39, 0.29) is 18.9 Å². The number of benzene rings is 1. The summed E-state index contributed by atoms with van der Waals surface area (Å²) >= 11 is 0. The number of fused-ring (bicyclic) bond motifs is 1. The van der Waals surface area contributed by atoms with Crippen LogP contribution < -0.4 is 15.5 Å². The van der Waals surface area contributed by atoms with Crippen molar-refractivity contribution in [2.45, 2.75) is 44.4 Å². The molecule has 1 heterocycles. The molecule has 1 aliphatic rings. The Morgan fingerprint density at radius 3 is 2.69 bits per heavy atom. The van der Waals surface area contributed by atoms with Crippen molar-refractivity contribution >= 4 is 22.7 Å². The van der Waals surface area contributed by atoms with Gasteiger partial charge in [-0.3, -0.25) is 4.99 Å². The van der Waals surface area contributed by atoms with E-state index in [2.05, 4.69) is 20.6 Å². The molecule has 0 amide bonds. The average molecular weight is 407 g/mol. The molecule has 0 spiro atoms. The van der Waals surface area contributed by atoms with Crippen LogP contribution in [-0.4, -0.2) is 44.3 Å². The van der Waals surface area contributed by atoms with E-state index in [9.17, 15) is 13.2 Å². The summed E-state index contributed by atoms with van der Waals surface area (Å²) in [6.07, 6.45) is -2.54. The topological polar surface area (TPSA) is 52.6 Å². The molecule has 1 saturated carbocycles. The maximum absolute atomic E-state index is 13.1. The fourth-order valence-corrected chi connectivity index (χ4v) is 3.79. The lowest BCUT2D eigenvalue weighted by atomic mass is 9.85. The van der Waals surface area contributed by atoms with Crippen molar-refractivity contribution in [3.63, 3.8) is 0 Å². The van der Waals surface area contributed by atoms with Gasteiger partial charge in [-0.1, -0.05) is 24.6 Å². The molecule has 0 bridgehead atoms. The van der Waals surface area contributed by atoms with E-state index in [1.165, 1.54) is 0 Å². The number of anilines is 1. The molecule has 1 aromatic carbocycles. The van der Waals surface area contributed by atoms with Crippen molar-refractivity contribution in [1.82, 2.24) is 15.6 Å². The molecule has 2 N–H and O–H groups in total. The minimum atomic E-state index is -4.13. The number of halogens is 3. The second-order valence-electron chi connectivity index (χ2n) is 7.72. The molecule has 2 aromatic rings. The summed E-state index contributed by atoms with van der Waals surface area (Å²) < 4.78 is 39.2. The zero-order valence-corrected chi connectivity index (χ0v) is 17.1. The predicted molar refractivity (Wildman–Crippen MR) is 111 cm³/mol. The first-order chi connectivity index (χ1) is 13.8. The van der Waals surface area contributed by atoms with Crippen LogP contribution in [0.4, 0.5) is 19.0 Å². The Hall–Kier alpha value is -2.51. The second kappa shape index (κ2) is 8.88. The minimum absolute atomic E-state index is 0.0904. The largest absolute Gasteiger partial charge is 0.391 e. The number of hydrogen-bond acceptors (Lipinski definition) is 3. The number of para-hydroxylation sites is 1. The third kappa shape index (κ3) is 5.31. The summed E-state index contributed by atoms with van der Waals surface area (Å²) in [6.45, 7) is 0.499.